The SMILES string of the molecule is Cc1nn(-c2ccc([N+](=O)[O-])cc2)cc1/C=N/NC(N)=S. The topological polar surface area (TPSA) is 111 Å². The van der Waals surface area contributed by atoms with Gasteiger partial charge in [0, 0.05) is 23.9 Å². The molecule has 1 aromatic heterocycles. The van der Waals surface area contributed by atoms with E-state index >= 15 is 0 Å². The Morgan fingerprint density at radius 2 is 2.19 bits per heavy atom. The number of hydrazone groups is 1. The molecule has 0 fully saturated rings. The van der Waals surface area contributed by atoms with E-state index in [1.165, 1.54) is 12.1 Å². The van der Waals surface area contributed by atoms with Crippen LogP contribution < -0.4 is 11.2 Å². The smallest absolute Gasteiger partial charge is 0.269 e. The van der Waals surface area contributed by atoms with Crippen molar-refractivity contribution < 1.29 is 4.92 Å². The molecule has 0 aliphatic heterocycles. The zero-order valence-corrected chi connectivity index (χ0v) is 11.9. The van der Waals surface area contributed by atoms with Crippen LogP contribution in [-0.2, 0) is 0 Å². The minimum atomic E-state index is -0.447. The number of nitrogens with zero attached hydrogens (tertiary/aromatic N) is 4. The van der Waals surface area contributed by atoms with Crippen molar-refractivity contribution in [3.8, 4) is 5.69 Å². The fourth-order valence-corrected chi connectivity index (χ4v) is 1.68. The second kappa shape index (κ2) is 6.09. The largest absolute Gasteiger partial charge is 0.375 e. The van der Waals surface area contributed by atoms with Crippen LogP contribution >= 0.6 is 12.2 Å². The van der Waals surface area contributed by atoms with Crippen molar-refractivity contribution in [3.05, 3.63) is 51.8 Å². The molecule has 0 bridgehead atoms. The highest BCUT2D eigenvalue weighted by Gasteiger charge is 2.07. The quantitative estimate of drug-likeness (QED) is 0.380. The van der Waals surface area contributed by atoms with Crippen LogP contribution in [0.5, 0.6) is 0 Å². The molecule has 2 aromatic rings. The number of hydrogen-bond acceptors (Lipinski definition) is 5. The summed E-state index contributed by atoms with van der Waals surface area (Å²) in [4.78, 5) is 10.2. The Bertz CT molecular complexity index is 707. The van der Waals surface area contributed by atoms with Gasteiger partial charge < -0.3 is 5.73 Å². The Hall–Kier alpha value is -2.81. The van der Waals surface area contributed by atoms with E-state index in [2.05, 4.69) is 27.8 Å². The highest BCUT2D eigenvalue weighted by atomic mass is 32.1. The Morgan fingerprint density at radius 3 is 2.76 bits per heavy atom. The molecule has 0 aliphatic carbocycles. The average Bonchev–Trinajstić information content (AvgIpc) is 2.80. The number of non-ortho nitro benzene ring substituents is 1. The van der Waals surface area contributed by atoms with Gasteiger partial charge in [-0.25, -0.2) is 4.68 Å². The van der Waals surface area contributed by atoms with Gasteiger partial charge in [0.05, 0.1) is 22.5 Å². The summed E-state index contributed by atoms with van der Waals surface area (Å²) in [5.41, 5.74) is 9.99. The van der Waals surface area contributed by atoms with E-state index in [4.69, 9.17) is 5.73 Å². The van der Waals surface area contributed by atoms with E-state index in [1.54, 1.807) is 29.2 Å². The Balaban J connectivity index is 2.23. The highest BCUT2D eigenvalue weighted by molar-refractivity contribution is 7.80. The molecule has 1 heterocycles. The standard InChI is InChI=1S/C12H12N6O2S/c1-8-9(6-14-15-12(13)21)7-17(16-8)10-2-4-11(5-3-10)18(19)20/h2-7H,1H3,(H3,13,15,21)/b14-6+. The maximum atomic E-state index is 10.6. The molecule has 0 atom stereocenters. The van der Waals surface area contributed by atoms with Crippen LogP contribution in [0.1, 0.15) is 11.3 Å². The first-order valence-electron chi connectivity index (χ1n) is 5.87. The molecular formula is C12H12N6O2S. The third kappa shape index (κ3) is 3.60. The number of aromatic nitrogens is 2. The molecule has 1 aromatic carbocycles. The lowest BCUT2D eigenvalue weighted by Gasteiger charge is -1.99. The molecule has 0 spiro atoms. The molecule has 0 aliphatic rings. The molecule has 108 valence electrons. The average molecular weight is 304 g/mol. The van der Waals surface area contributed by atoms with Crippen LogP contribution in [-0.4, -0.2) is 26.0 Å². The predicted molar refractivity (Wildman–Crippen MR) is 82.5 cm³/mol. The van der Waals surface area contributed by atoms with E-state index in [0.29, 0.717) is 5.69 Å². The third-order valence-electron chi connectivity index (χ3n) is 2.64. The normalized spacial score (nSPS) is 10.7. The molecule has 0 unspecified atom stereocenters. The van der Waals surface area contributed by atoms with Crippen LogP contribution in [0, 0.1) is 17.0 Å². The molecule has 0 saturated heterocycles. The number of hydrogen-bond donors (Lipinski definition) is 2. The van der Waals surface area contributed by atoms with Crippen molar-refractivity contribution in [2.24, 2.45) is 10.8 Å². The first-order chi connectivity index (χ1) is 9.97. The summed E-state index contributed by atoms with van der Waals surface area (Å²) in [5, 5.41) is 18.9. The van der Waals surface area contributed by atoms with Crippen molar-refractivity contribution in [3.63, 3.8) is 0 Å². The number of aryl methyl sites for hydroxylation is 1. The number of thiocarbonyl (C=S) groups is 1. The summed E-state index contributed by atoms with van der Waals surface area (Å²) in [6.07, 6.45) is 3.30. The maximum Gasteiger partial charge on any atom is 0.269 e. The van der Waals surface area contributed by atoms with Crippen LogP contribution in [0.2, 0.25) is 0 Å². The van der Waals surface area contributed by atoms with Gasteiger partial charge in [-0.3, -0.25) is 15.5 Å². The molecule has 9 heteroatoms. The second-order valence-corrected chi connectivity index (χ2v) is 4.56. The Morgan fingerprint density at radius 1 is 1.52 bits per heavy atom. The van der Waals surface area contributed by atoms with E-state index in [9.17, 15) is 10.1 Å². The van der Waals surface area contributed by atoms with E-state index in [0.717, 1.165) is 11.3 Å². The van der Waals surface area contributed by atoms with Crippen LogP contribution in [0.15, 0.2) is 35.6 Å². The monoisotopic (exact) mass is 304 g/mol. The van der Waals surface area contributed by atoms with Gasteiger partial charge >= 0.3 is 0 Å². The maximum absolute atomic E-state index is 10.6. The molecule has 3 N–H and O–H groups in total. The highest BCUT2D eigenvalue weighted by Crippen LogP contribution is 2.16. The molecule has 0 amide bonds. The van der Waals surface area contributed by atoms with Gasteiger partial charge in [0.2, 0.25) is 0 Å². The molecule has 21 heavy (non-hydrogen) atoms. The summed E-state index contributed by atoms with van der Waals surface area (Å²) in [5.74, 6) is 0. The lowest BCUT2D eigenvalue weighted by Crippen LogP contribution is -2.24. The second-order valence-electron chi connectivity index (χ2n) is 4.12. The Labute approximate surface area is 125 Å². The summed E-state index contributed by atoms with van der Waals surface area (Å²) < 4.78 is 1.61. The van der Waals surface area contributed by atoms with Gasteiger partial charge in [-0.05, 0) is 31.3 Å². The van der Waals surface area contributed by atoms with Gasteiger partial charge in [-0.15, -0.1) is 0 Å². The third-order valence-corrected chi connectivity index (χ3v) is 2.73. The van der Waals surface area contributed by atoms with Crippen molar-refractivity contribution in [1.82, 2.24) is 15.2 Å². The summed E-state index contributed by atoms with van der Waals surface area (Å²) in [6, 6.07) is 6.10. The lowest BCUT2D eigenvalue weighted by atomic mass is 10.3. The molecular weight excluding hydrogens is 292 g/mol. The minimum absolute atomic E-state index is 0.0325. The molecule has 2 rings (SSSR count). The number of rotatable bonds is 4. The summed E-state index contributed by atoms with van der Waals surface area (Å²) >= 11 is 4.64. The Kier molecular flexibility index (Phi) is 4.24. The fourth-order valence-electron chi connectivity index (χ4n) is 1.62. The van der Waals surface area contributed by atoms with Crippen molar-refractivity contribution in [2.75, 3.05) is 0 Å². The van der Waals surface area contributed by atoms with Gasteiger partial charge in [-0.1, -0.05) is 0 Å². The first-order valence-corrected chi connectivity index (χ1v) is 6.28. The van der Waals surface area contributed by atoms with Crippen molar-refractivity contribution >= 4 is 29.2 Å². The van der Waals surface area contributed by atoms with Crippen molar-refractivity contribution in [1.29, 1.82) is 0 Å². The van der Waals surface area contributed by atoms with E-state index in [-0.39, 0.29) is 10.8 Å². The molecule has 8 nitrogen and oxygen atoms in total. The number of benzene rings is 1. The molecule has 0 saturated carbocycles. The summed E-state index contributed by atoms with van der Waals surface area (Å²) in [7, 11) is 0. The van der Waals surface area contributed by atoms with Crippen molar-refractivity contribution in [2.45, 2.75) is 6.92 Å². The van der Waals surface area contributed by atoms with Crippen LogP contribution in [0.25, 0.3) is 5.69 Å². The fraction of sp³-hybridized carbons (Fsp3) is 0.0833. The molecule has 0 radical (unpaired) electrons. The van der Waals surface area contributed by atoms with Gasteiger partial charge in [0.15, 0.2) is 5.11 Å². The lowest BCUT2D eigenvalue weighted by molar-refractivity contribution is -0.384. The minimum Gasteiger partial charge on any atom is -0.375 e. The number of nitrogens with one attached hydrogen (secondary N) is 1. The summed E-state index contributed by atoms with van der Waals surface area (Å²) in [6.45, 7) is 1.82. The first kappa shape index (κ1) is 14.6. The zero-order valence-electron chi connectivity index (χ0n) is 11.1. The number of nitro groups is 1. The van der Waals surface area contributed by atoms with Crippen LogP contribution in [0.3, 0.4) is 0 Å². The predicted octanol–water partition coefficient (Wildman–Crippen LogP) is 1.26. The van der Waals surface area contributed by atoms with Gasteiger partial charge in [0.25, 0.3) is 5.69 Å². The number of nitro benzene ring substituents is 1. The van der Waals surface area contributed by atoms with E-state index in [1.807, 2.05) is 6.92 Å². The van der Waals surface area contributed by atoms with Gasteiger partial charge in [-0.2, -0.15) is 10.2 Å². The number of nitrogens with two attached hydrogens (primary N) is 1. The van der Waals surface area contributed by atoms with E-state index < -0.39 is 4.92 Å². The van der Waals surface area contributed by atoms with Gasteiger partial charge in [0.1, 0.15) is 0 Å². The van der Waals surface area contributed by atoms with Crippen LogP contribution in [0.4, 0.5) is 5.69 Å². The zero-order chi connectivity index (χ0) is 15.4.